The fourth-order valence-corrected chi connectivity index (χ4v) is 2.06. The van der Waals surface area contributed by atoms with Crippen LogP contribution in [0.3, 0.4) is 0 Å². The van der Waals surface area contributed by atoms with Crippen LogP contribution in [-0.2, 0) is 6.54 Å². The number of hydrogen-bond acceptors (Lipinski definition) is 5. The highest BCUT2D eigenvalue weighted by atomic mass is 16.6. The summed E-state index contributed by atoms with van der Waals surface area (Å²) in [7, 11) is 0. The number of nitro benzene ring substituents is 1. The van der Waals surface area contributed by atoms with E-state index in [2.05, 4.69) is 4.98 Å². The highest BCUT2D eigenvalue weighted by molar-refractivity contribution is 5.94. The predicted molar refractivity (Wildman–Crippen MR) is 82.3 cm³/mol. The molecule has 0 saturated heterocycles. The molecular weight excluding hydrogens is 296 g/mol. The van der Waals surface area contributed by atoms with Gasteiger partial charge in [0, 0.05) is 30.4 Å². The molecule has 0 unspecified atom stereocenters. The Hall–Kier alpha value is -3.27. The third-order valence-electron chi connectivity index (χ3n) is 3.16. The maximum Gasteiger partial charge on any atom is 0.270 e. The summed E-state index contributed by atoms with van der Waals surface area (Å²) in [5.74, 6) is -0.366. The van der Waals surface area contributed by atoms with Crippen LogP contribution in [-0.4, -0.2) is 27.3 Å². The Morgan fingerprint density at radius 1 is 1.30 bits per heavy atom. The van der Waals surface area contributed by atoms with Gasteiger partial charge in [-0.1, -0.05) is 12.1 Å². The van der Waals surface area contributed by atoms with E-state index in [4.69, 9.17) is 5.26 Å². The molecule has 0 aliphatic carbocycles. The summed E-state index contributed by atoms with van der Waals surface area (Å²) < 4.78 is 0. The molecule has 0 radical (unpaired) electrons. The van der Waals surface area contributed by atoms with Crippen LogP contribution in [0.15, 0.2) is 48.7 Å². The van der Waals surface area contributed by atoms with Gasteiger partial charge in [0.2, 0.25) is 0 Å². The molecule has 116 valence electrons. The Kier molecular flexibility index (Phi) is 5.36. The van der Waals surface area contributed by atoms with E-state index in [1.54, 1.807) is 18.3 Å². The van der Waals surface area contributed by atoms with Gasteiger partial charge in [-0.15, -0.1) is 0 Å². The van der Waals surface area contributed by atoms with E-state index >= 15 is 0 Å². The predicted octanol–water partition coefficient (Wildman–Crippen LogP) is 2.55. The summed E-state index contributed by atoms with van der Waals surface area (Å²) in [6.45, 7) is 0.471. The topological polar surface area (TPSA) is 100 Å². The number of nitro groups is 1. The summed E-state index contributed by atoms with van der Waals surface area (Å²) >= 11 is 0. The number of pyridine rings is 1. The number of aromatic nitrogens is 1. The number of nitriles is 1. The van der Waals surface area contributed by atoms with E-state index in [0.29, 0.717) is 5.69 Å². The molecular formula is C16H14N4O3. The zero-order chi connectivity index (χ0) is 16.7. The third kappa shape index (κ3) is 4.35. The second kappa shape index (κ2) is 7.66. The summed E-state index contributed by atoms with van der Waals surface area (Å²) in [6, 6.07) is 12.9. The first-order valence-corrected chi connectivity index (χ1v) is 6.92. The SMILES string of the molecule is N#CCCN(Cc1ccccn1)C(=O)c1cccc([N+](=O)[O-])c1. The normalized spacial score (nSPS) is 9.87. The molecule has 1 amide bonds. The fraction of sp³-hybridized carbons (Fsp3) is 0.188. The second-order valence-corrected chi connectivity index (χ2v) is 4.76. The maximum absolute atomic E-state index is 12.6. The number of nitrogens with zero attached hydrogens (tertiary/aromatic N) is 4. The first-order valence-electron chi connectivity index (χ1n) is 6.92. The lowest BCUT2D eigenvalue weighted by molar-refractivity contribution is -0.384. The molecule has 23 heavy (non-hydrogen) atoms. The summed E-state index contributed by atoms with van der Waals surface area (Å²) in [5.41, 5.74) is 0.756. The minimum atomic E-state index is -0.546. The Balaban J connectivity index is 2.24. The molecule has 2 rings (SSSR count). The zero-order valence-electron chi connectivity index (χ0n) is 12.3. The lowest BCUT2D eigenvalue weighted by Crippen LogP contribution is -2.31. The Morgan fingerprint density at radius 2 is 2.13 bits per heavy atom. The Morgan fingerprint density at radius 3 is 2.78 bits per heavy atom. The van der Waals surface area contributed by atoms with Gasteiger partial charge >= 0.3 is 0 Å². The van der Waals surface area contributed by atoms with E-state index in [-0.39, 0.29) is 36.7 Å². The van der Waals surface area contributed by atoms with Gasteiger partial charge in [0.25, 0.3) is 11.6 Å². The quantitative estimate of drug-likeness (QED) is 0.603. The lowest BCUT2D eigenvalue weighted by atomic mass is 10.1. The van der Waals surface area contributed by atoms with E-state index in [9.17, 15) is 14.9 Å². The molecule has 0 N–H and O–H groups in total. The standard InChI is InChI=1S/C16H14N4O3/c17-8-4-10-19(12-14-6-1-2-9-18-14)16(21)13-5-3-7-15(11-13)20(22)23/h1-3,5-7,9,11H,4,10,12H2. The van der Waals surface area contributed by atoms with Crippen molar-refractivity contribution in [1.82, 2.24) is 9.88 Å². The first-order chi connectivity index (χ1) is 11.1. The molecule has 0 atom stereocenters. The minimum absolute atomic E-state index is 0.145. The molecule has 0 fully saturated rings. The van der Waals surface area contributed by atoms with Gasteiger partial charge in [0.05, 0.1) is 29.7 Å². The van der Waals surface area contributed by atoms with Gasteiger partial charge in [0.1, 0.15) is 0 Å². The molecule has 1 aromatic carbocycles. The van der Waals surface area contributed by atoms with Crippen LogP contribution < -0.4 is 0 Å². The smallest absolute Gasteiger partial charge is 0.270 e. The van der Waals surface area contributed by atoms with Gasteiger partial charge in [0.15, 0.2) is 0 Å². The number of carbonyl (C=O) groups is 1. The highest BCUT2D eigenvalue weighted by Crippen LogP contribution is 2.16. The van der Waals surface area contributed by atoms with Gasteiger partial charge in [-0.3, -0.25) is 19.9 Å². The number of benzene rings is 1. The van der Waals surface area contributed by atoms with Crippen LogP contribution >= 0.6 is 0 Å². The molecule has 0 spiro atoms. The van der Waals surface area contributed by atoms with Crippen LogP contribution in [0.4, 0.5) is 5.69 Å². The zero-order valence-corrected chi connectivity index (χ0v) is 12.3. The van der Waals surface area contributed by atoms with Crippen LogP contribution in [0.25, 0.3) is 0 Å². The first kappa shape index (κ1) is 16.1. The number of hydrogen-bond donors (Lipinski definition) is 0. The monoisotopic (exact) mass is 310 g/mol. The van der Waals surface area contributed by atoms with E-state index < -0.39 is 4.92 Å². The molecule has 0 bridgehead atoms. The van der Waals surface area contributed by atoms with Crippen molar-refractivity contribution in [2.75, 3.05) is 6.54 Å². The molecule has 7 nitrogen and oxygen atoms in total. The van der Waals surface area contributed by atoms with Crippen molar-refractivity contribution in [2.45, 2.75) is 13.0 Å². The van der Waals surface area contributed by atoms with Crippen LogP contribution in [0.2, 0.25) is 0 Å². The summed E-state index contributed by atoms with van der Waals surface area (Å²) in [5, 5.41) is 19.6. The minimum Gasteiger partial charge on any atom is -0.332 e. The van der Waals surface area contributed by atoms with Gasteiger partial charge in [-0.05, 0) is 18.2 Å². The second-order valence-electron chi connectivity index (χ2n) is 4.76. The fourth-order valence-electron chi connectivity index (χ4n) is 2.06. The average molecular weight is 310 g/mol. The maximum atomic E-state index is 12.6. The summed E-state index contributed by atoms with van der Waals surface area (Å²) in [4.78, 5) is 28.5. The van der Waals surface area contributed by atoms with Crippen molar-refractivity contribution < 1.29 is 9.72 Å². The Labute approximate surface area is 132 Å². The molecule has 0 aliphatic heterocycles. The molecule has 1 heterocycles. The number of carbonyl (C=O) groups excluding carboxylic acids is 1. The molecule has 7 heteroatoms. The number of amides is 1. The lowest BCUT2D eigenvalue weighted by Gasteiger charge is -2.21. The van der Waals surface area contributed by atoms with Gasteiger partial charge in [-0.2, -0.15) is 5.26 Å². The van der Waals surface area contributed by atoms with E-state index in [1.165, 1.54) is 29.2 Å². The van der Waals surface area contributed by atoms with Crippen molar-refractivity contribution in [3.8, 4) is 6.07 Å². The molecule has 0 saturated carbocycles. The van der Waals surface area contributed by atoms with Crippen LogP contribution in [0.1, 0.15) is 22.5 Å². The van der Waals surface area contributed by atoms with E-state index in [1.807, 2.05) is 12.1 Å². The van der Waals surface area contributed by atoms with Gasteiger partial charge in [-0.25, -0.2) is 0 Å². The number of rotatable bonds is 6. The van der Waals surface area contributed by atoms with E-state index in [0.717, 1.165) is 0 Å². The molecule has 2 aromatic rings. The van der Waals surface area contributed by atoms with Crippen molar-refractivity contribution in [2.24, 2.45) is 0 Å². The van der Waals surface area contributed by atoms with Crippen molar-refractivity contribution >= 4 is 11.6 Å². The summed E-state index contributed by atoms with van der Waals surface area (Å²) in [6.07, 6.45) is 1.79. The third-order valence-corrected chi connectivity index (χ3v) is 3.16. The number of non-ortho nitro benzene ring substituents is 1. The van der Waals surface area contributed by atoms with Crippen LogP contribution in [0.5, 0.6) is 0 Å². The molecule has 0 aliphatic rings. The molecule has 1 aromatic heterocycles. The van der Waals surface area contributed by atoms with Crippen molar-refractivity contribution in [3.63, 3.8) is 0 Å². The van der Waals surface area contributed by atoms with Crippen molar-refractivity contribution in [3.05, 3.63) is 70.0 Å². The van der Waals surface area contributed by atoms with Crippen molar-refractivity contribution in [1.29, 1.82) is 5.26 Å². The largest absolute Gasteiger partial charge is 0.332 e. The highest BCUT2D eigenvalue weighted by Gasteiger charge is 2.18. The van der Waals surface area contributed by atoms with Crippen LogP contribution in [0, 0.1) is 21.4 Å². The van der Waals surface area contributed by atoms with Gasteiger partial charge < -0.3 is 4.90 Å². The average Bonchev–Trinajstić information content (AvgIpc) is 2.59. The Bertz CT molecular complexity index is 740.